The van der Waals surface area contributed by atoms with Gasteiger partial charge in [0.05, 0.1) is 18.1 Å². The van der Waals surface area contributed by atoms with E-state index in [1.807, 2.05) is 36.5 Å². The summed E-state index contributed by atoms with van der Waals surface area (Å²) in [6.07, 6.45) is 3.64. The first-order valence-corrected chi connectivity index (χ1v) is 6.95. The van der Waals surface area contributed by atoms with E-state index in [0.717, 1.165) is 30.1 Å². The van der Waals surface area contributed by atoms with Crippen LogP contribution in [-0.2, 0) is 13.1 Å². The van der Waals surface area contributed by atoms with Crippen molar-refractivity contribution in [2.75, 3.05) is 6.54 Å². The van der Waals surface area contributed by atoms with E-state index in [1.165, 1.54) is 0 Å². The molecule has 1 N–H and O–H groups in total. The van der Waals surface area contributed by atoms with Crippen LogP contribution in [0.2, 0.25) is 0 Å². The molecule has 0 spiro atoms. The van der Waals surface area contributed by atoms with Gasteiger partial charge in [-0.25, -0.2) is 9.67 Å². The van der Waals surface area contributed by atoms with Gasteiger partial charge >= 0.3 is 0 Å². The molecule has 2 aromatic heterocycles. The minimum Gasteiger partial charge on any atom is -0.439 e. The van der Waals surface area contributed by atoms with E-state index < -0.39 is 0 Å². The van der Waals surface area contributed by atoms with Crippen LogP contribution in [0.3, 0.4) is 0 Å². The predicted octanol–water partition coefficient (Wildman–Crippen LogP) is 2.09. The number of hydrogen-bond donors (Lipinski definition) is 1. The maximum atomic E-state index is 5.75. The quantitative estimate of drug-likeness (QED) is 0.750. The van der Waals surface area contributed by atoms with Crippen LogP contribution in [0, 0.1) is 0 Å². The SMILES string of the molecule is CCNCc1cn(Cc2ncc(-c3ccccc3)o2)nn1. The van der Waals surface area contributed by atoms with Crippen molar-refractivity contribution < 1.29 is 4.42 Å². The van der Waals surface area contributed by atoms with Crippen molar-refractivity contribution in [2.24, 2.45) is 0 Å². The van der Waals surface area contributed by atoms with Gasteiger partial charge in [-0.15, -0.1) is 5.10 Å². The Morgan fingerprint density at radius 2 is 2.10 bits per heavy atom. The number of benzene rings is 1. The normalized spacial score (nSPS) is 10.9. The van der Waals surface area contributed by atoms with Crippen LogP contribution < -0.4 is 5.32 Å². The molecular weight excluding hydrogens is 266 g/mol. The van der Waals surface area contributed by atoms with Crippen LogP contribution >= 0.6 is 0 Å². The first kappa shape index (κ1) is 13.5. The first-order valence-electron chi connectivity index (χ1n) is 6.95. The molecule has 6 heteroatoms. The highest BCUT2D eigenvalue weighted by atomic mass is 16.4. The molecule has 0 atom stereocenters. The smallest absolute Gasteiger partial charge is 0.216 e. The average Bonchev–Trinajstić information content (AvgIpc) is 3.16. The monoisotopic (exact) mass is 283 g/mol. The fourth-order valence-corrected chi connectivity index (χ4v) is 2.01. The molecule has 0 unspecified atom stereocenters. The zero-order valence-electron chi connectivity index (χ0n) is 11.9. The van der Waals surface area contributed by atoms with Gasteiger partial charge in [0.15, 0.2) is 5.76 Å². The minimum atomic E-state index is 0.478. The summed E-state index contributed by atoms with van der Waals surface area (Å²) < 4.78 is 7.48. The van der Waals surface area contributed by atoms with Crippen LogP contribution in [0.5, 0.6) is 0 Å². The highest BCUT2D eigenvalue weighted by Gasteiger charge is 2.08. The molecule has 2 heterocycles. The fraction of sp³-hybridized carbons (Fsp3) is 0.267. The fourth-order valence-electron chi connectivity index (χ4n) is 2.01. The van der Waals surface area contributed by atoms with Crippen LogP contribution in [0.1, 0.15) is 18.5 Å². The Hall–Kier alpha value is -2.47. The van der Waals surface area contributed by atoms with Crippen LogP contribution in [-0.4, -0.2) is 26.5 Å². The van der Waals surface area contributed by atoms with Gasteiger partial charge in [0.1, 0.15) is 6.54 Å². The summed E-state index contributed by atoms with van der Waals surface area (Å²) in [6, 6.07) is 9.91. The molecule has 0 saturated carbocycles. The second-order valence-corrected chi connectivity index (χ2v) is 4.67. The summed E-state index contributed by atoms with van der Waals surface area (Å²) in [6.45, 7) is 4.17. The van der Waals surface area contributed by atoms with Crippen molar-refractivity contribution in [1.29, 1.82) is 0 Å². The third kappa shape index (κ3) is 3.35. The summed E-state index contributed by atoms with van der Waals surface area (Å²) >= 11 is 0. The van der Waals surface area contributed by atoms with Crippen molar-refractivity contribution in [3.63, 3.8) is 0 Å². The standard InChI is InChI=1S/C15H17N5O/c1-2-16-8-13-10-20(19-18-13)11-15-17-9-14(21-15)12-6-4-3-5-7-12/h3-7,9-10,16H,2,8,11H2,1H3. The van der Waals surface area contributed by atoms with Crippen LogP contribution in [0.25, 0.3) is 11.3 Å². The molecule has 0 bridgehead atoms. The number of oxazole rings is 1. The van der Waals surface area contributed by atoms with E-state index in [2.05, 4.69) is 27.5 Å². The molecule has 6 nitrogen and oxygen atoms in total. The molecule has 108 valence electrons. The number of rotatable bonds is 6. The third-order valence-corrected chi connectivity index (χ3v) is 3.05. The van der Waals surface area contributed by atoms with Gasteiger partial charge in [-0.1, -0.05) is 42.5 Å². The minimum absolute atomic E-state index is 0.478. The van der Waals surface area contributed by atoms with Crippen molar-refractivity contribution in [3.05, 3.63) is 54.3 Å². The van der Waals surface area contributed by atoms with Crippen LogP contribution in [0.4, 0.5) is 0 Å². The maximum absolute atomic E-state index is 5.75. The lowest BCUT2D eigenvalue weighted by molar-refractivity contribution is 0.469. The van der Waals surface area contributed by atoms with Crippen molar-refractivity contribution in [3.8, 4) is 11.3 Å². The van der Waals surface area contributed by atoms with Gasteiger partial charge in [0, 0.05) is 12.1 Å². The molecule has 1 aromatic carbocycles. The second kappa shape index (κ2) is 6.32. The number of nitrogens with one attached hydrogen (secondary N) is 1. The summed E-state index contributed by atoms with van der Waals surface area (Å²) in [5, 5.41) is 11.4. The van der Waals surface area contributed by atoms with Gasteiger partial charge < -0.3 is 9.73 Å². The summed E-state index contributed by atoms with van der Waals surface area (Å²) in [5.41, 5.74) is 1.93. The van der Waals surface area contributed by atoms with Crippen molar-refractivity contribution in [2.45, 2.75) is 20.0 Å². The molecule has 0 saturated heterocycles. The van der Waals surface area contributed by atoms with Crippen molar-refractivity contribution >= 4 is 0 Å². The van der Waals surface area contributed by atoms with Gasteiger partial charge in [-0.2, -0.15) is 0 Å². The molecule has 0 fully saturated rings. The van der Waals surface area contributed by atoms with E-state index in [1.54, 1.807) is 10.9 Å². The lowest BCUT2D eigenvalue weighted by Gasteiger charge is -1.96. The average molecular weight is 283 g/mol. The van der Waals surface area contributed by atoms with Crippen LogP contribution in [0.15, 0.2) is 47.1 Å². The summed E-state index contributed by atoms with van der Waals surface area (Å²) in [5.74, 6) is 1.38. The molecule has 21 heavy (non-hydrogen) atoms. The topological polar surface area (TPSA) is 68.8 Å². The molecular formula is C15H17N5O. The predicted molar refractivity (Wildman–Crippen MR) is 78.4 cm³/mol. The second-order valence-electron chi connectivity index (χ2n) is 4.67. The number of aromatic nitrogens is 4. The Kier molecular flexibility index (Phi) is 4.07. The van der Waals surface area contributed by atoms with E-state index in [9.17, 15) is 0 Å². The Bertz CT molecular complexity index is 689. The molecule has 0 aliphatic carbocycles. The lowest BCUT2D eigenvalue weighted by atomic mass is 10.2. The molecule has 0 amide bonds. The van der Waals surface area contributed by atoms with E-state index in [-0.39, 0.29) is 0 Å². The van der Waals surface area contributed by atoms with Gasteiger partial charge in [-0.05, 0) is 6.54 Å². The molecule has 0 radical (unpaired) electrons. The Labute approximate surface area is 122 Å². The Morgan fingerprint density at radius 1 is 1.24 bits per heavy atom. The van der Waals surface area contributed by atoms with Gasteiger partial charge in [0.2, 0.25) is 5.89 Å². The first-order chi connectivity index (χ1) is 10.3. The zero-order valence-corrected chi connectivity index (χ0v) is 11.9. The maximum Gasteiger partial charge on any atom is 0.216 e. The van der Waals surface area contributed by atoms with Crippen molar-refractivity contribution in [1.82, 2.24) is 25.3 Å². The van der Waals surface area contributed by atoms with E-state index in [4.69, 9.17) is 4.42 Å². The number of nitrogens with zero attached hydrogens (tertiary/aromatic N) is 4. The number of hydrogen-bond acceptors (Lipinski definition) is 5. The Balaban J connectivity index is 1.68. The Morgan fingerprint density at radius 3 is 2.90 bits per heavy atom. The third-order valence-electron chi connectivity index (χ3n) is 3.05. The van der Waals surface area contributed by atoms with E-state index >= 15 is 0 Å². The lowest BCUT2D eigenvalue weighted by Crippen LogP contribution is -2.11. The zero-order chi connectivity index (χ0) is 14.5. The van der Waals surface area contributed by atoms with Gasteiger partial charge in [-0.3, -0.25) is 0 Å². The molecule has 3 aromatic rings. The molecule has 0 aliphatic rings. The summed E-state index contributed by atoms with van der Waals surface area (Å²) in [7, 11) is 0. The largest absolute Gasteiger partial charge is 0.439 e. The summed E-state index contributed by atoms with van der Waals surface area (Å²) in [4.78, 5) is 4.29. The highest BCUT2D eigenvalue weighted by molar-refractivity contribution is 5.55. The molecule has 3 rings (SSSR count). The highest BCUT2D eigenvalue weighted by Crippen LogP contribution is 2.19. The van der Waals surface area contributed by atoms with Gasteiger partial charge in [0.25, 0.3) is 0 Å². The molecule has 0 aliphatic heterocycles. The van der Waals surface area contributed by atoms with E-state index in [0.29, 0.717) is 12.4 Å².